The summed E-state index contributed by atoms with van der Waals surface area (Å²) in [7, 11) is 2.99. The van der Waals surface area contributed by atoms with E-state index in [1.54, 1.807) is 7.11 Å². The summed E-state index contributed by atoms with van der Waals surface area (Å²) < 4.78 is 9.83. The van der Waals surface area contributed by atoms with Crippen LogP contribution in [0, 0.1) is 0 Å². The molecule has 132 valence electrons. The van der Waals surface area contributed by atoms with Gasteiger partial charge in [-0.2, -0.15) is 0 Å². The third kappa shape index (κ3) is 15.3. The Kier molecular flexibility index (Phi) is 16.0. The maximum atomic E-state index is 11.2. The van der Waals surface area contributed by atoms with E-state index in [9.17, 15) is 4.79 Å². The van der Waals surface area contributed by atoms with Crippen LogP contribution >= 0.6 is 0 Å². The molecule has 1 atom stereocenters. The number of allylic oxidation sites excluding steroid dienone is 5. The van der Waals surface area contributed by atoms with Crippen molar-refractivity contribution in [1.29, 1.82) is 0 Å². The lowest BCUT2D eigenvalue weighted by molar-refractivity contribution is -0.142. The molecule has 0 aliphatic rings. The maximum Gasteiger partial charge on any atom is 0.308 e. The van der Waals surface area contributed by atoms with Gasteiger partial charge in [-0.25, -0.2) is 0 Å². The Labute approximate surface area is 142 Å². The second kappa shape index (κ2) is 17.0. The summed E-state index contributed by atoms with van der Waals surface area (Å²) in [5.41, 5.74) is 0. The fraction of sp³-hybridized carbons (Fsp3) is 0.650. The van der Waals surface area contributed by atoms with E-state index in [1.807, 2.05) is 18.2 Å². The molecule has 0 heterocycles. The lowest BCUT2D eigenvalue weighted by atomic mass is 10.1. The molecule has 0 aromatic rings. The summed E-state index contributed by atoms with van der Waals surface area (Å²) in [4.78, 5) is 11.2. The quantitative estimate of drug-likeness (QED) is 0.186. The highest BCUT2D eigenvalue weighted by molar-refractivity contribution is 5.70. The summed E-state index contributed by atoms with van der Waals surface area (Å²) in [6.45, 7) is 2.17. The largest absolute Gasteiger partial charge is 0.469 e. The molecule has 0 fully saturated rings. The zero-order valence-corrected chi connectivity index (χ0v) is 15.1. The van der Waals surface area contributed by atoms with Gasteiger partial charge < -0.3 is 9.47 Å². The van der Waals surface area contributed by atoms with Crippen LogP contribution in [0.1, 0.15) is 64.7 Å². The first kappa shape index (κ1) is 21.6. The van der Waals surface area contributed by atoms with Crippen LogP contribution in [0.3, 0.4) is 0 Å². The topological polar surface area (TPSA) is 35.5 Å². The van der Waals surface area contributed by atoms with Crippen LogP contribution < -0.4 is 0 Å². The number of carbonyl (C=O) groups is 1. The fourth-order valence-corrected chi connectivity index (χ4v) is 2.18. The zero-order chi connectivity index (χ0) is 17.2. The first-order chi connectivity index (χ1) is 11.2. The zero-order valence-electron chi connectivity index (χ0n) is 15.1. The van der Waals surface area contributed by atoms with Crippen molar-refractivity contribution in [2.24, 2.45) is 0 Å². The van der Waals surface area contributed by atoms with Gasteiger partial charge in [-0.1, -0.05) is 62.6 Å². The molecule has 0 amide bonds. The van der Waals surface area contributed by atoms with Gasteiger partial charge >= 0.3 is 5.97 Å². The van der Waals surface area contributed by atoms with Crippen LogP contribution in [0.2, 0.25) is 0 Å². The highest BCUT2D eigenvalue weighted by Crippen LogP contribution is 2.08. The van der Waals surface area contributed by atoms with E-state index in [0.717, 1.165) is 12.8 Å². The van der Waals surface area contributed by atoms with Gasteiger partial charge in [0.25, 0.3) is 0 Å². The molecule has 0 bridgehead atoms. The van der Waals surface area contributed by atoms with Crippen LogP contribution in [0.25, 0.3) is 0 Å². The summed E-state index contributed by atoms with van der Waals surface area (Å²) in [5, 5.41) is 0. The van der Waals surface area contributed by atoms with Crippen molar-refractivity contribution in [2.45, 2.75) is 70.8 Å². The Morgan fingerprint density at radius 3 is 2.17 bits per heavy atom. The Balaban J connectivity index is 3.57. The number of ether oxygens (including phenoxy) is 2. The average Bonchev–Trinajstić information content (AvgIpc) is 2.57. The molecular formula is C20H34O3. The number of rotatable bonds is 14. The number of carbonyl (C=O) groups excluding carboxylic acids is 1. The van der Waals surface area contributed by atoms with Crippen molar-refractivity contribution in [1.82, 2.24) is 0 Å². The molecule has 0 aromatic carbocycles. The molecule has 0 unspecified atom stereocenters. The first-order valence-corrected chi connectivity index (χ1v) is 8.82. The van der Waals surface area contributed by atoms with E-state index in [0.29, 0.717) is 0 Å². The lowest BCUT2D eigenvalue weighted by Gasteiger charge is -2.08. The molecule has 23 heavy (non-hydrogen) atoms. The fourth-order valence-electron chi connectivity index (χ4n) is 2.18. The molecule has 3 heteroatoms. The summed E-state index contributed by atoms with van der Waals surface area (Å²) in [6, 6.07) is 0. The number of hydrogen-bond donors (Lipinski definition) is 0. The van der Waals surface area contributed by atoms with Crippen LogP contribution in [-0.2, 0) is 14.3 Å². The minimum absolute atomic E-state index is 0.214. The molecule has 0 aromatic heterocycles. The third-order valence-electron chi connectivity index (χ3n) is 3.62. The van der Waals surface area contributed by atoms with Crippen molar-refractivity contribution in [2.75, 3.05) is 14.2 Å². The first-order valence-electron chi connectivity index (χ1n) is 8.82. The number of unbranched alkanes of at least 4 members (excludes halogenated alkanes) is 6. The molecule has 0 rings (SSSR count). The highest BCUT2D eigenvalue weighted by Gasteiger charge is 2.09. The SMILES string of the molecule is CCC=CCCCCCCCC=C/C=C/[C@@H](CC(=O)OC)OC. The van der Waals surface area contributed by atoms with Crippen LogP contribution in [0.5, 0.6) is 0 Å². The average molecular weight is 322 g/mol. The standard InChI is InChI=1S/C20H34O3/c1-4-5-6-7-8-9-10-11-12-13-14-15-16-17-19(22-2)18-20(21)23-3/h5-6,14-17,19H,4,7-13,18H2,1-3H3/b6-5?,15-14?,17-16+/t19-/m0/s1. The lowest BCUT2D eigenvalue weighted by Crippen LogP contribution is -2.14. The molecule has 0 saturated heterocycles. The number of methoxy groups -OCH3 is 2. The molecule has 0 saturated carbocycles. The highest BCUT2D eigenvalue weighted by atomic mass is 16.5. The van der Waals surface area contributed by atoms with Gasteiger partial charge in [0.2, 0.25) is 0 Å². The Hall–Kier alpha value is -1.35. The van der Waals surface area contributed by atoms with Crippen LogP contribution in [0.15, 0.2) is 36.5 Å². The smallest absolute Gasteiger partial charge is 0.308 e. The van der Waals surface area contributed by atoms with Crippen molar-refractivity contribution >= 4 is 5.97 Å². The number of hydrogen-bond acceptors (Lipinski definition) is 3. The molecule has 0 N–H and O–H groups in total. The molecule has 0 spiro atoms. The van der Waals surface area contributed by atoms with Gasteiger partial charge in [0.1, 0.15) is 0 Å². The van der Waals surface area contributed by atoms with E-state index >= 15 is 0 Å². The molecule has 0 aliphatic carbocycles. The van der Waals surface area contributed by atoms with Gasteiger partial charge in [-0.15, -0.1) is 0 Å². The van der Waals surface area contributed by atoms with Gasteiger partial charge in [-0.05, 0) is 32.1 Å². The van der Waals surface area contributed by atoms with E-state index in [2.05, 4.69) is 29.9 Å². The predicted octanol–water partition coefficient (Wildman–Crippen LogP) is 5.37. The minimum Gasteiger partial charge on any atom is -0.469 e. The predicted molar refractivity (Wildman–Crippen MR) is 97.5 cm³/mol. The van der Waals surface area contributed by atoms with E-state index in [4.69, 9.17) is 4.74 Å². The summed E-state index contributed by atoms with van der Waals surface area (Å²) in [6.07, 6.45) is 22.6. The molecular weight excluding hydrogens is 288 g/mol. The van der Waals surface area contributed by atoms with E-state index < -0.39 is 0 Å². The molecule has 0 radical (unpaired) electrons. The van der Waals surface area contributed by atoms with Crippen molar-refractivity contribution in [3.8, 4) is 0 Å². The van der Waals surface area contributed by atoms with Crippen LogP contribution in [-0.4, -0.2) is 26.3 Å². The molecule has 0 aliphatic heterocycles. The van der Waals surface area contributed by atoms with Crippen molar-refractivity contribution in [3.63, 3.8) is 0 Å². The Morgan fingerprint density at radius 2 is 1.57 bits per heavy atom. The molecule has 3 nitrogen and oxygen atoms in total. The normalized spacial score (nSPS) is 13.3. The Bertz CT molecular complexity index is 356. The van der Waals surface area contributed by atoms with Gasteiger partial charge in [-0.3, -0.25) is 4.79 Å². The van der Waals surface area contributed by atoms with Crippen LogP contribution in [0.4, 0.5) is 0 Å². The van der Waals surface area contributed by atoms with E-state index in [-0.39, 0.29) is 18.5 Å². The van der Waals surface area contributed by atoms with Gasteiger partial charge in [0, 0.05) is 7.11 Å². The van der Waals surface area contributed by atoms with E-state index in [1.165, 1.54) is 45.6 Å². The van der Waals surface area contributed by atoms with Gasteiger partial charge in [0.15, 0.2) is 0 Å². The summed E-state index contributed by atoms with van der Waals surface area (Å²) in [5.74, 6) is -0.254. The minimum atomic E-state index is -0.254. The monoisotopic (exact) mass is 322 g/mol. The van der Waals surface area contributed by atoms with Crippen molar-refractivity contribution in [3.05, 3.63) is 36.5 Å². The summed E-state index contributed by atoms with van der Waals surface area (Å²) >= 11 is 0. The number of esters is 1. The van der Waals surface area contributed by atoms with Gasteiger partial charge in [0.05, 0.1) is 19.6 Å². The third-order valence-corrected chi connectivity index (χ3v) is 3.62. The second-order valence-electron chi connectivity index (χ2n) is 5.59. The maximum absolute atomic E-state index is 11.2. The van der Waals surface area contributed by atoms with Crippen molar-refractivity contribution < 1.29 is 14.3 Å². The second-order valence-corrected chi connectivity index (χ2v) is 5.59. The Morgan fingerprint density at radius 1 is 0.913 bits per heavy atom.